The Bertz CT molecular complexity index is 546. The molecular weight excluding hydrogens is 360 g/mol. The Balaban J connectivity index is 2.11. The smallest absolute Gasteiger partial charge is 0.0737 e. The maximum Gasteiger partial charge on any atom is 0.0737 e. The summed E-state index contributed by atoms with van der Waals surface area (Å²) in [6.07, 6.45) is 1.76. The number of hydrogen-bond acceptors (Lipinski definition) is 3. The lowest BCUT2D eigenvalue weighted by atomic mass is 10.2. The first kappa shape index (κ1) is 13.5. The van der Waals surface area contributed by atoms with Crippen molar-refractivity contribution in [2.45, 2.75) is 13.2 Å². The fraction of sp³-hybridized carbons (Fsp3) is 0.154. The quantitative estimate of drug-likeness (QED) is 0.860. The third-order valence-corrected chi connectivity index (χ3v) is 3.64. The number of nitrogens with one attached hydrogen (secondary N) is 1. The number of nitrogens with zero attached hydrogens (tertiary/aromatic N) is 1. The zero-order chi connectivity index (χ0) is 13.0. The summed E-state index contributed by atoms with van der Waals surface area (Å²) in [4.78, 5) is 4.33. The molecule has 0 spiro atoms. The molecule has 18 heavy (non-hydrogen) atoms. The second kappa shape index (κ2) is 6.31. The molecule has 1 aromatic carbocycles. The lowest BCUT2D eigenvalue weighted by molar-refractivity contribution is 0.282. The number of pyridine rings is 1. The van der Waals surface area contributed by atoms with Gasteiger partial charge in [-0.25, -0.2) is 0 Å². The van der Waals surface area contributed by atoms with Crippen LogP contribution in [0.25, 0.3) is 0 Å². The van der Waals surface area contributed by atoms with Gasteiger partial charge in [0, 0.05) is 26.4 Å². The van der Waals surface area contributed by atoms with Crippen LogP contribution in [0.4, 0.5) is 5.69 Å². The predicted molar refractivity (Wildman–Crippen MR) is 79.3 cm³/mol. The molecule has 2 N–H and O–H groups in total. The van der Waals surface area contributed by atoms with Crippen molar-refractivity contribution in [2.24, 2.45) is 0 Å². The number of benzene rings is 1. The third kappa shape index (κ3) is 3.31. The molecule has 2 rings (SSSR count). The molecule has 5 heteroatoms. The summed E-state index contributed by atoms with van der Waals surface area (Å²) in [6.45, 7) is 0.628. The highest BCUT2D eigenvalue weighted by molar-refractivity contribution is 9.11. The van der Waals surface area contributed by atoms with Crippen LogP contribution < -0.4 is 5.32 Å². The zero-order valence-electron chi connectivity index (χ0n) is 9.53. The Morgan fingerprint density at radius 3 is 2.72 bits per heavy atom. The molecule has 0 atom stereocenters. The largest absolute Gasteiger partial charge is 0.392 e. The molecular formula is C13H12Br2N2O. The minimum absolute atomic E-state index is 0.0259. The molecule has 0 aliphatic rings. The van der Waals surface area contributed by atoms with E-state index in [9.17, 15) is 5.11 Å². The van der Waals surface area contributed by atoms with Crippen molar-refractivity contribution in [3.63, 3.8) is 0 Å². The van der Waals surface area contributed by atoms with E-state index in [0.717, 1.165) is 25.9 Å². The van der Waals surface area contributed by atoms with E-state index in [1.807, 2.05) is 30.3 Å². The Morgan fingerprint density at radius 1 is 1.22 bits per heavy atom. The number of hydrogen-bond donors (Lipinski definition) is 2. The van der Waals surface area contributed by atoms with E-state index >= 15 is 0 Å². The Labute approximate surface area is 123 Å². The summed E-state index contributed by atoms with van der Waals surface area (Å²) in [6, 6.07) is 9.64. The number of para-hydroxylation sites is 1. The first-order valence-electron chi connectivity index (χ1n) is 5.43. The third-order valence-electron chi connectivity index (χ3n) is 2.52. The maximum atomic E-state index is 9.24. The van der Waals surface area contributed by atoms with E-state index in [2.05, 4.69) is 42.2 Å². The van der Waals surface area contributed by atoms with Crippen LogP contribution in [0.15, 0.2) is 45.5 Å². The van der Waals surface area contributed by atoms with E-state index in [1.54, 1.807) is 6.20 Å². The van der Waals surface area contributed by atoms with Crippen LogP contribution in [0.3, 0.4) is 0 Å². The summed E-state index contributed by atoms with van der Waals surface area (Å²) in [5, 5.41) is 12.5. The number of anilines is 1. The van der Waals surface area contributed by atoms with Gasteiger partial charge in [-0.1, -0.05) is 18.2 Å². The van der Waals surface area contributed by atoms with Gasteiger partial charge < -0.3 is 10.4 Å². The number of aliphatic hydroxyl groups excluding tert-OH is 1. The Morgan fingerprint density at radius 2 is 2.00 bits per heavy atom. The van der Waals surface area contributed by atoms with Crippen LogP contribution in [0.2, 0.25) is 0 Å². The topological polar surface area (TPSA) is 45.1 Å². The van der Waals surface area contributed by atoms with Crippen LogP contribution in [0.1, 0.15) is 11.3 Å². The van der Waals surface area contributed by atoms with E-state index < -0.39 is 0 Å². The van der Waals surface area contributed by atoms with Crippen molar-refractivity contribution in [3.05, 3.63) is 56.7 Å². The minimum atomic E-state index is 0.0259. The molecule has 3 nitrogen and oxygen atoms in total. The van der Waals surface area contributed by atoms with Crippen LogP contribution in [-0.2, 0) is 13.2 Å². The van der Waals surface area contributed by atoms with Crippen molar-refractivity contribution in [1.82, 2.24) is 4.98 Å². The molecule has 0 aliphatic heterocycles. The van der Waals surface area contributed by atoms with Gasteiger partial charge >= 0.3 is 0 Å². The second-order valence-electron chi connectivity index (χ2n) is 3.75. The molecule has 1 aromatic heterocycles. The van der Waals surface area contributed by atoms with Gasteiger partial charge in [0.2, 0.25) is 0 Å². The van der Waals surface area contributed by atoms with Crippen LogP contribution in [-0.4, -0.2) is 10.1 Å². The molecule has 0 fully saturated rings. The van der Waals surface area contributed by atoms with Gasteiger partial charge in [-0.3, -0.25) is 4.98 Å². The molecule has 94 valence electrons. The summed E-state index contributed by atoms with van der Waals surface area (Å²) < 4.78 is 1.89. The highest BCUT2D eigenvalue weighted by Gasteiger charge is 2.04. The zero-order valence-corrected chi connectivity index (χ0v) is 12.7. The molecule has 2 aromatic rings. The summed E-state index contributed by atoms with van der Waals surface area (Å²) in [7, 11) is 0. The van der Waals surface area contributed by atoms with Crippen molar-refractivity contribution in [2.75, 3.05) is 5.32 Å². The molecule has 0 saturated heterocycles. The first-order valence-corrected chi connectivity index (χ1v) is 7.02. The normalized spacial score (nSPS) is 10.4. The second-order valence-corrected chi connectivity index (χ2v) is 5.52. The highest BCUT2D eigenvalue weighted by Crippen LogP contribution is 2.21. The fourth-order valence-corrected chi connectivity index (χ4v) is 2.71. The van der Waals surface area contributed by atoms with Gasteiger partial charge in [0.05, 0.1) is 18.8 Å². The number of halogens is 2. The van der Waals surface area contributed by atoms with Crippen molar-refractivity contribution in [1.29, 1.82) is 0 Å². The lowest BCUT2D eigenvalue weighted by Crippen LogP contribution is -2.04. The summed E-state index contributed by atoms with van der Waals surface area (Å²) >= 11 is 6.84. The van der Waals surface area contributed by atoms with Crippen LogP contribution in [0, 0.1) is 0 Å². The van der Waals surface area contributed by atoms with Gasteiger partial charge in [-0.05, 0) is 44.0 Å². The molecule has 0 unspecified atom stereocenters. The van der Waals surface area contributed by atoms with Gasteiger partial charge in [0.1, 0.15) is 0 Å². The fourth-order valence-electron chi connectivity index (χ4n) is 1.58. The van der Waals surface area contributed by atoms with Crippen molar-refractivity contribution in [3.8, 4) is 0 Å². The maximum absolute atomic E-state index is 9.24. The van der Waals surface area contributed by atoms with Gasteiger partial charge in [-0.2, -0.15) is 0 Å². The number of rotatable bonds is 4. The van der Waals surface area contributed by atoms with E-state index in [4.69, 9.17) is 0 Å². The number of aromatic nitrogens is 1. The van der Waals surface area contributed by atoms with E-state index in [1.165, 1.54) is 0 Å². The summed E-state index contributed by atoms with van der Waals surface area (Å²) in [5.74, 6) is 0. The predicted octanol–water partition coefficient (Wildman–Crippen LogP) is 3.71. The average Bonchev–Trinajstić information content (AvgIpc) is 2.38. The molecule has 0 saturated carbocycles. The van der Waals surface area contributed by atoms with E-state index in [0.29, 0.717) is 6.54 Å². The van der Waals surface area contributed by atoms with Crippen molar-refractivity contribution < 1.29 is 5.11 Å². The van der Waals surface area contributed by atoms with Gasteiger partial charge in [-0.15, -0.1) is 0 Å². The Hall–Kier alpha value is -0.910. The monoisotopic (exact) mass is 370 g/mol. The van der Waals surface area contributed by atoms with E-state index in [-0.39, 0.29) is 6.61 Å². The SMILES string of the molecule is OCc1ccccc1NCc1ncc(Br)cc1Br. The molecule has 1 heterocycles. The van der Waals surface area contributed by atoms with Crippen LogP contribution in [0.5, 0.6) is 0 Å². The molecule has 0 bridgehead atoms. The Kier molecular flexibility index (Phi) is 4.74. The van der Waals surface area contributed by atoms with Crippen molar-refractivity contribution >= 4 is 37.5 Å². The highest BCUT2D eigenvalue weighted by atomic mass is 79.9. The number of aliphatic hydroxyl groups is 1. The average molecular weight is 372 g/mol. The molecule has 0 amide bonds. The van der Waals surface area contributed by atoms with Gasteiger partial charge in [0.25, 0.3) is 0 Å². The minimum Gasteiger partial charge on any atom is -0.392 e. The molecule has 0 radical (unpaired) electrons. The van der Waals surface area contributed by atoms with Crippen LogP contribution >= 0.6 is 31.9 Å². The summed E-state index contributed by atoms with van der Waals surface area (Å²) in [5.41, 5.74) is 2.73. The molecule has 0 aliphatic carbocycles. The lowest BCUT2D eigenvalue weighted by Gasteiger charge is -2.11. The standard InChI is InChI=1S/C13H12Br2N2O/c14-10-5-11(15)13(16-6-10)7-17-12-4-2-1-3-9(12)8-18/h1-6,17-18H,7-8H2. The first-order chi connectivity index (χ1) is 8.70. The van der Waals surface area contributed by atoms with Gasteiger partial charge in [0.15, 0.2) is 0 Å².